The van der Waals surface area contributed by atoms with Crippen LogP contribution in [-0.4, -0.2) is 23.8 Å². The second-order valence-electron chi connectivity index (χ2n) is 4.03. The fraction of sp³-hybridized carbons (Fsp3) is 0.385. The van der Waals surface area contributed by atoms with Crippen molar-refractivity contribution < 1.29 is 14.7 Å². The van der Waals surface area contributed by atoms with Crippen LogP contribution in [0.1, 0.15) is 30.1 Å². The molecule has 0 heterocycles. The molecule has 4 nitrogen and oxygen atoms in total. The molecule has 1 atom stereocenters. The maximum Gasteiger partial charge on any atom is 0.255 e. The van der Waals surface area contributed by atoms with Crippen LogP contribution in [0.4, 0.5) is 0 Å². The topological polar surface area (TPSA) is 66.4 Å². The van der Waals surface area contributed by atoms with E-state index in [9.17, 15) is 14.7 Å². The first-order valence-electron chi connectivity index (χ1n) is 5.66. The molecule has 0 saturated carbocycles. The summed E-state index contributed by atoms with van der Waals surface area (Å²) < 4.78 is 0. The van der Waals surface area contributed by atoms with Gasteiger partial charge < -0.3 is 15.2 Å². The number of aromatic hydroxyl groups is 1. The molecule has 1 aromatic rings. The van der Waals surface area contributed by atoms with Crippen LogP contribution in [0.5, 0.6) is 5.75 Å². The Labute approximate surface area is 101 Å². The van der Waals surface area contributed by atoms with E-state index in [0.29, 0.717) is 6.54 Å². The lowest BCUT2D eigenvalue weighted by Gasteiger charge is -2.07. The van der Waals surface area contributed by atoms with Crippen LogP contribution in [0.15, 0.2) is 24.3 Å². The zero-order valence-electron chi connectivity index (χ0n) is 9.85. The van der Waals surface area contributed by atoms with Gasteiger partial charge in [-0.25, -0.2) is 0 Å². The van der Waals surface area contributed by atoms with E-state index in [-0.39, 0.29) is 23.1 Å². The fourth-order valence-corrected chi connectivity index (χ4v) is 1.45. The first-order valence-corrected chi connectivity index (χ1v) is 5.66. The number of carbonyl (C=O) groups is 2. The van der Waals surface area contributed by atoms with Crippen molar-refractivity contribution in [3.8, 4) is 5.75 Å². The number of carbonyl (C=O) groups excluding carboxylic acids is 2. The van der Waals surface area contributed by atoms with Crippen LogP contribution >= 0.6 is 0 Å². The minimum absolute atomic E-state index is 0.0220. The maximum atomic E-state index is 11.6. The van der Waals surface area contributed by atoms with Gasteiger partial charge in [-0.2, -0.15) is 0 Å². The van der Waals surface area contributed by atoms with Gasteiger partial charge in [0.2, 0.25) is 0 Å². The van der Waals surface area contributed by atoms with Crippen LogP contribution in [0.3, 0.4) is 0 Å². The Kier molecular flexibility index (Phi) is 5.20. The molecule has 0 aliphatic carbocycles. The molecule has 0 radical (unpaired) electrons. The molecule has 0 fully saturated rings. The summed E-state index contributed by atoms with van der Waals surface area (Å²) in [5, 5.41) is 12.2. The molecule has 0 bridgehead atoms. The molecule has 1 unspecified atom stereocenters. The minimum Gasteiger partial charge on any atom is -0.507 e. The van der Waals surface area contributed by atoms with E-state index in [2.05, 4.69) is 5.32 Å². The molecule has 0 aromatic heterocycles. The number of phenolic OH excluding ortho intramolecular Hbond substituents is 1. The van der Waals surface area contributed by atoms with Gasteiger partial charge in [-0.15, -0.1) is 0 Å². The highest BCUT2D eigenvalue weighted by Gasteiger charge is 2.09. The highest BCUT2D eigenvalue weighted by molar-refractivity contribution is 5.96. The number of aldehydes is 1. The van der Waals surface area contributed by atoms with Gasteiger partial charge in [0.1, 0.15) is 12.0 Å². The average Bonchev–Trinajstić information content (AvgIpc) is 2.34. The number of benzene rings is 1. The van der Waals surface area contributed by atoms with E-state index >= 15 is 0 Å². The molecule has 4 heteroatoms. The van der Waals surface area contributed by atoms with Crippen LogP contribution < -0.4 is 5.32 Å². The largest absolute Gasteiger partial charge is 0.507 e. The summed E-state index contributed by atoms with van der Waals surface area (Å²) in [5.74, 6) is -0.287. The standard InChI is InChI=1S/C13H17NO3/c1-10(9-15)5-4-8-14-13(17)11-6-2-3-7-12(11)16/h2-3,6-7,9-10,16H,4-5,8H2,1H3,(H,14,17). The zero-order valence-corrected chi connectivity index (χ0v) is 9.85. The van der Waals surface area contributed by atoms with Gasteiger partial charge in [-0.1, -0.05) is 19.1 Å². The number of nitrogens with one attached hydrogen (secondary N) is 1. The van der Waals surface area contributed by atoms with Crippen molar-refractivity contribution in [2.45, 2.75) is 19.8 Å². The molecule has 1 amide bonds. The van der Waals surface area contributed by atoms with Crippen molar-refractivity contribution >= 4 is 12.2 Å². The number of para-hydroxylation sites is 1. The smallest absolute Gasteiger partial charge is 0.255 e. The normalized spacial score (nSPS) is 11.8. The van der Waals surface area contributed by atoms with Gasteiger partial charge in [-0.3, -0.25) is 4.79 Å². The van der Waals surface area contributed by atoms with Gasteiger partial charge in [0, 0.05) is 12.5 Å². The molecule has 17 heavy (non-hydrogen) atoms. The summed E-state index contributed by atoms with van der Waals surface area (Å²) in [6, 6.07) is 6.41. The summed E-state index contributed by atoms with van der Waals surface area (Å²) in [5.41, 5.74) is 0.274. The average molecular weight is 235 g/mol. The Morgan fingerprint density at radius 1 is 1.47 bits per heavy atom. The van der Waals surface area contributed by atoms with Crippen LogP contribution in [-0.2, 0) is 4.79 Å². The molecule has 0 aliphatic heterocycles. The molecule has 0 aliphatic rings. The van der Waals surface area contributed by atoms with Crippen molar-refractivity contribution in [1.82, 2.24) is 5.32 Å². The minimum atomic E-state index is -0.290. The Morgan fingerprint density at radius 3 is 2.82 bits per heavy atom. The molecule has 92 valence electrons. The van der Waals surface area contributed by atoms with Crippen molar-refractivity contribution in [3.63, 3.8) is 0 Å². The molecule has 2 N–H and O–H groups in total. The summed E-state index contributed by atoms with van der Waals surface area (Å²) in [6.07, 6.45) is 2.41. The Hall–Kier alpha value is -1.84. The number of hydrogen-bond donors (Lipinski definition) is 2. The molecule has 1 rings (SSSR count). The second kappa shape index (κ2) is 6.68. The third-order valence-corrected chi connectivity index (χ3v) is 2.50. The molecule has 1 aromatic carbocycles. The van der Waals surface area contributed by atoms with E-state index < -0.39 is 0 Å². The number of hydrogen-bond acceptors (Lipinski definition) is 3. The molecular weight excluding hydrogens is 218 g/mol. The van der Waals surface area contributed by atoms with Crippen molar-refractivity contribution in [1.29, 1.82) is 0 Å². The number of phenols is 1. The maximum absolute atomic E-state index is 11.6. The van der Waals surface area contributed by atoms with Crippen molar-refractivity contribution in [2.24, 2.45) is 5.92 Å². The summed E-state index contributed by atoms with van der Waals surface area (Å²) in [7, 11) is 0. The van der Waals surface area contributed by atoms with Gasteiger partial charge in [-0.05, 0) is 25.0 Å². The van der Waals surface area contributed by atoms with Gasteiger partial charge in [0.15, 0.2) is 0 Å². The van der Waals surface area contributed by atoms with Gasteiger partial charge in [0.05, 0.1) is 5.56 Å². The molecular formula is C13H17NO3. The van der Waals surface area contributed by atoms with Crippen molar-refractivity contribution in [3.05, 3.63) is 29.8 Å². The first-order chi connectivity index (χ1) is 8.15. The quantitative estimate of drug-likeness (QED) is 0.583. The summed E-state index contributed by atoms with van der Waals surface area (Å²) in [6.45, 7) is 2.35. The third kappa shape index (κ3) is 4.26. The lowest BCUT2D eigenvalue weighted by molar-refractivity contribution is -0.110. The van der Waals surface area contributed by atoms with E-state index in [1.807, 2.05) is 6.92 Å². The van der Waals surface area contributed by atoms with E-state index in [4.69, 9.17) is 0 Å². The second-order valence-corrected chi connectivity index (χ2v) is 4.03. The highest BCUT2D eigenvalue weighted by atomic mass is 16.3. The lowest BCUT2D eigenvalue weighted by atomic mass is 10.1. The number of amides is 1. The van der Waals surface area contributed by atoms with Crippen LogP contribution in [0, 0.1) is 5.92 Å². The lowest BCUT2D eigenvalue weighted by Crippen LogP contribution is -2.24. The van der Waals surface area contributed by atoms with E-state index in [0.717, 1.165) is 19.1 Å². The molecule has 0 saturated heterocycles. The van der Waals surface area contributed by atoms with Crippen LogP contribution in [0.2, 0.25) is 0 Å². The monoisotopic (exact) mass is 235 g/mol. The summed E-state index contributed by atoms with van der Waals surface area (Å²) >= 11 is 0. The first kappa shape index (κ1) is 13.2. The Balaban J connectivity index is 2.36. The zero-order chi connectivity index (χ0) is 12.7. The Bertz CT molecular complexity index is 390. The predicted molar refractivity (Wildman–Crippen MR) is 64.9 cm³/mol. The summed E-state index contributed by atoms with van der Waals surface area (Å²) in [4.78, 5) is 22.0. The number of rotatable bonds is 6. The fourth-order valence-electron chi connectivity index (χ4n) is 1.45. The SMILES string of the molecule is CC(C=O)CCCNC(=O)c1ccccc1O. The predicted octanol–water partition coefficient (Wildman–Crippen LogP) is 1.74. The Morgan fingerprint density at radius 2 is 2.18 bits per heavy atom. The van der Waals surface area contributed by atoms with Crippen LogP contribution in [0.25, 0.3) is 0 Å². The highest BCUT2D eigenvalue weighted by Crippen LogP contribution is 2.14. The van der Waals surface area contributed by atoms with Crippen molar-refractivity contribution in [2.75, 3.05) is 6.54 Å². The van der Waals surface area contributed by atoms with Gasteiger partial charge >= 0.3 is 0 Å². The third-order valence-electron chi connectivity index (χ3n) is 2.50. The van der Waals surface area contributed by atoms with E-state index in [1.54, 1.807) is 18.2 Å². The molecule has 0 spiro atoms. The van der Waals surface area contributed by atoms with E-state index in [1.165, 1.54) is 6.07 Å². The van der Waals surface area contributed by atoms with Gasteiger partial charge in [0.25, 0.3) is 5.91 Å².